The van der Waals surface area contributed by atoms with Crippen molar-refractivity contribution in [1.29, 1.82) is 0 Å². The Hall–Kier alpha value is -1.05. The van der Waals surface area contributed by atoms with E-state index in [9.17, 15) is 0 Å². The van der Waals surface area contributed by atoms with E-state index in [1.54, 1.807) is 3.81 Å². The minimum absolute atomic E-state index is 0. The van der Waals surface area contributed by atoms with Gasteiger partial charge in [-0.25, -0.2) is 12.2 Å². The van der Waals surface area contributed by atoms with E-state index in [4.69, 9.17) is 0 Å². The maximum Gasteiger partial charge on any atom is -0.109 e. The van der Waals surface area contributed by atoms with Crippen molar-refractivity contribution in [1.82, 2.24) is 0 Å². The van der Waals surface area contributed by atoms with Crippen molar-refractivity contribution in [2.45, 2.75) is 85.5 Å². The molecule has 0 radical (unpaired) electrons. The molecule has 0 aliphatic heterocycles. The van der Waals surface area contributed by atoms with Gasteiger partial charge in [0.05, 0.1) is 0 Å². The van der Waals surface area contributed by atoms with Gasteiger partial charge in [0.25, 0.3) is 0 Å². The van der Waals surface area contributed by atoms with E-state index in [1.165, 1.54) is 45.5 Å². The molecule has 0 atom stereocenters. The number of fused-ring (bicyclic) bond motifs is 3. The van der Waals surface area contributed by atoms with Gasteiger partial charge in [0.2, 0.25) is 0 Å². The fourth-order valence-electron chi connectivity index (χ4n) is 3.52. The Morgan fingerprint density at radius 3 is 1.50 bits per heavy atom. The van der Waals surface area contributed by atoms with Crippen LogP contribution in [-0.4, -0.2) is 3.81 Å². The average Bonchev–Trinajstić information content (AvgIpc) is 3.43. The van der Waals surface area contributed by atoms with Gasteiger partial charge in [-0.1, -0.05) is 76.9 Å². The molecule has 4 rings (SSSR count). The molecule has 0 spiro atoms. The van der Waals surface area contributed by atoms with Gasteiger partial charge in [-0.3, -0.25) is 6.08 Å². The number of benzene rings is 2. The Morgan fingerprint density at radius 2 is 1.26 bits per heavy atom. The molecule has 0 nitrogen and oxygen atoms in total. The van der Waals surface area contributed by atoms with Crippen molar-refractivity contribution in [2.24, 2.45) is 0 Å². The molecule has 1 aliphatic carbocycles. The van der Waals surface area contributed by atoms with E-state index in [2.05, 4.69) is 130 Å². The smallest absolute Gasteiger partial charge is 0.109 e. The van der Waals surface area contributed by atoms with Crippen LogP contribution >= 0.6 is 0 Å². The first-order chi connectivity index (χ1) is 15.0. The molecular weight excluding hydrogens is 491 g/mol. The van der Waals surface area contributed by atoms with Gasteiger partial charge in [-0.15, -0.1) is 46.2 Å². The summed E-state index contributed by atoms with van der Waals surface area (Å²) in [5.74, 6) is 0. The molecule has 0 amide bonds. The summed E-state index contributed by atoms with van der Waals surface area (Å²) in [4.78, 5) is 0. The zero-order chi connectivity index (χ0) is 23.9. The zero-order valence-corrected chi connectivity index (χ0v) is 25.2. The molecule has 0 N–H and O–H groups in total. The topological polar surface area (TPSA) is 0 Å². The van der Waals surface area contributed by atoms with Crippen LogP contribution in [-0.2, 0) is 30.8 Å². The molecule has 0 aromatic heterocycles. The van der Waals surface area contributed by atoms with E-state index in [0.29, 0.717) is 0 Å². The van der Waals surface area contributed by atoms with Gasteiger partial charge in [0, 0.05) is 0 Å². The molecule has 184 valence electrons. The molecule has 1 aliphatic rings. The Bertz CT molecular complexity index is 1020. The van der Waals surface area contributed by atoms with Crippen molar-refractivity contribution in [2.75, 3.05) is 0 Å². The second kappa shape index (κ2) is 14.5. The van der Waals surface area contributed by atoms with Crippen LogP contribution in [0.25, 0.3) is 21.5 Å². The quantitative estimate of drug-likeness (QED) is 0.352. The standard InChI is InChI=1S/C21H25.C5H5.C5H10.2ClH.Ti/c1-20(2,3)16-9-7-14-11-15-8-10-17(21(4,5)6)13-19(15)18(14)12-16;1-2-4-5-3-1;1-3-5-4-2;;;/h7-13H,1-6H3;1-3H,4H2;3-4H2,1-2H3;2*1H;/q2*-1;;;;+2/p-2. The summed E-state index contributed by atoms with van der Waals surface area (Å²) >= 11 is 2.19. The summed E-state index contributed by atoms with van der Waals surface area (Å²) in [6.45, 7) is 18.1. The number of allylic oxidation sites excluding steroid dienone is 4. The summed E-state index contributed by atoms with van der Waals surface area (Å²) in [6, 6.07) is 16.1. The zero-order valence-electron chi connectivity index (χ0n) is 22.2. The van der Waals surface area contributed by atoms with Crippen LogP contribution in [0.5, 0.6) is 0 Å². The third-order valence-corrected chi connectivity index (χ3v) is 6.98. The number of hydrogen-bond donors (Lipinski definition) is 0. The van der Waals surface area contributed by atoms with Gasteiger partial charge in [0.15, 0.2) is 0 Å². The monoisotopic (exact) mass is 530 g/mol. The van der Waals surface area contributed by atoms with Gasteiger partial charge in [-0.05, 0) is 10.8 Å². The van der Waals surface area contributed by atoms with E-state index in [-0.39, 0.29) is 35.6 Å². The molecule has 3 aromatic rings. The minimum atomic E-state index is 0. The number of halogens is 2. The van der Waals surface area contributed by atoms with Crippen molar-refractivity contribution in [3.8, 4) is 0 Å². The average molecular weight is 531 g/mol. The van der Waals surface area contributed by atoms with E-state index >= 15 is 0 Å². The third-order valence-electron chi connectivity index (χ3n) is 5.88. The summed E-state index contributed by atoms with van der Waals surface area (Å²) in [5, 5.41) is 5.49. The predicted molar refractivity (Wildman–Crippen MR) is 142 cm³/mol. The summed E-state index contributed by atoms with van der Waals surface area (Å²) in [5.41, 5.74) is 3.20. The second-order valence-electron chi connectivity index (χ2n) is 10.6. The van der Waals surface area contributed by atoms with Gasteiger partial charge < -0.3 is 24.8 Å². The van der Waals surface area contributed by atoms with Crippen LogP contribution in [0.4, 0.5) is 0 Å². The normalized spacial score (nSPS) is 12.3. The van der Waals surface area contributed by atoms with E-state index in [1.807, 2.05) is 12.2 Å². The molecule has 0 saturated carbocycles. The molecule has 34 heavy (non-hydrogen) atoms. The number of hydrogen-bond acceptors (Lipinski definition) is 0. The van der Waals surface area contributed by atoms with Gasteiger partial charge >= 0.3 is 50.5 Å². The first-order valence-electron chi connectivity index (χ1n) is 11.9. The molecular formula is C31H40Cl2Ti-2. The Kier molecular flexibility index (Phi) is 14.1. The van der Waals surface area contributed by atoms with Crippen molar-refractivity contribution in [3.63, 3.8) is 0 Å². The van der Waals surface area contributed by atoms with Crippen molar-refractivity contribution in [3.05, 3.63) is 77.9 Å². The van der Waals surface area contributed by atoms with Crippen molar-refractivity contribution < 1.29 is 44.8 Å². The molecule has 0 bridgehead atoms. The molecule has 0 fully saturated rings. The molecule has 0 saturated heterocycles. The van der Waals surface area contributed by atoms with Crippen LogP contribution in [0, 0.1) is 6.08 Å². The fraction of sp³-hybridized carbons (Fsp3) is 0.419. The third kappa shape index (κ3) is 9.54. The SMILES string of the molecule is CC(C)(C)c1ccc2[cH-]c3ccc(C(C)(C)C)cc3c2c1.CC[C](=[Ti+2])CC.[C-]1=CC=CC1.[Cl-].[Cl-]. The molecule has 3 heteroatoms. The summed E-state index contributed by atoms with van der Waals surface area (Å²) in [7, 11) is 0. The molecule has 0 unspecified atom stereocenters. The Morgan fingerprint density at radius 1 is 0.824 bits per heavy atom. The maximum absolute atomic E-state index is 2.99. The fourth-order valence-corrected chi connectivity index (χ4v) is 3.52. The Labute approximate surface area is 232 Å². The van der Waals surface area contributed by atoms with Crippen molar-refractivity contribution >= 4 is 25.4 Å². The molecule has 3 aromatic carbocycles. The first kappa shape index (κ1) is 33.0. The van der Waals surface area contributed by atoms with Crippen LogP contribution in [0.15, 0.2) is 60.7 Å². The summed E-state index contributed by atoms with van der Waals surface area (Å²) < 4.78 is 1.59. The van der Waals surface area contributed by atoms with Gasteiger partial charge in [-0.2, -0.15) is 6.08 Å². The minimum Gasteiger partial charge on any atom is -1.00 e. The molecule has 0 heterocycles. The Balaban J connectivity index is 0.000000700. The van der Waals surface area contributed by atoms with Crippen LogP contribution < -0.4 is 24.8 Å². The second-order valence-corrected chi connectivity index (χ2v) is 11.7. The summed E-state index contributed by atoms with van der Waals surface area (Å²) in [6.07, 6.45) is 12.5. The first-order valence-corrected chi connectivity index (χ1v) is 12.7. The maximum atomic E-state index is 2.99. The van der Waals surface area contributed by atoms with Crippen LogP contribution in [0.1, 0.15) is 85.8 Å². The predicted octanol–water partition coefficient (Wildman–Crippen LogP) is 3.15. The van der Waals surface area contributed by atoms with Crippen LogP contribution in [0.2, 0.25) is 0 Å². The van der Waals surface area contributed by atoms with Gasteiger partial charge in [0.1, 0.15) is 0 Å². The number of rotatable bonds is 2. The largest absolute Gasteiger partial charge is 1.00 e. The van der Waals surface area contributed by atoms with E-state index < -0.39 is 0 Å². The van der Waals surface area contributed by atoms with E-state index in [0.717, 1.165) is 6.42 Å². The van der Waals surface area contributed by atoms with Crippen LogP contribution in [0.3, 0.4) is 0 Å².